The number of fused-ring (bicyclic) bond motifs is 3. The van der Waals surface area contributed by atoms with Gasteiger partial charge in [-0.05, 0) is 24.3 Å². The molecule has 3 N–H and O–H groups in total. The van der Waals surface area contributed by atoms with E-state index < -0.39 is 0 Å². The van der Waals surface area contributed by atoms with Crippen LogP contribution in [0.15, 0.2) is 35.3 Å². The van der Waals surface area contributed by atoms with Gasteiger partial charge >= 0.3 is 0 Å². The third kappa shape index (κ3) is 1.57. The van der Waals surface area contributed by atoms with Crippen molar-refractivity contribution in [3.8, 4) is 0 Å². The second kappa shape index (κ2) is 3.73. The van der Waals surface area contributed by atoms with Crippen LogP contribution in [0.2, 0.25) is 0 Å². The molecule has 5 nitrogen and oxygen atoms in total. The van der Waals surface area contributed by atoms with Crippen LogP contribution in [0.1, 0.15) is 6.92 Å². The Bertz CT molecular complexity index is 814. The van der Waals surface area contributed by atoms with Gasteiger partial charge in [-0.2, -0.15) is 0 Å². The zero-order valence-corrected chi connectivity index (χ0v) is 9.70. The number of benzene rings is 1. The lowest BCUT2D eigenvalue weighted by Gasteiger charge is -2.05. The smallest absolute Gasteiger partial charge is 0.272 e. The fourth-order valence-corrected chi connectivity index (χ4v) is 2.12. The van der Waals surface area contributed by atoms with Crippen molar-refractivity contribution >= 4 is 33.4 Å². The van der Waals surface area contributed by atoms with Gasteiger partial charge in [-0.25, -0.2) is 0 Å². The lowest BCUT2D eigenvalue weighted by atomic mass is 10.1. The molecule has 0 saturated heterocycles. The van der Waals surface area contributed by atoms with Crippen molar-refractivity contribution in [2.75, 3.05) is 5.32 Å². The topological polar surface area (TPSA) is 77.8 Å². The van der Waals surface area contributed by atoms with E-state index in [1.807, 2.05) is 12.1 Å². The van der Waals surface area contributed by atoms with E-state index in [4.69, 9.17) is 0 Å². The van der Waals surface area contributed by atoms with Crippen molar-refractivity contribution in [3.05, 3.63) is 40.8 Å². The maximum Gasteiger partial charge on any atom is 0.272 e. The predicted molar refractivity (Wildman–Crippen MR) is 70.7 cm³/mol. The molecular formula is C13H11N3O2. The SMILES string of the molecule is CC(=O)Nc1ccc2[nH]c(=O)c3[nH]ccc3c2c1. The molecule has 1 aromatic carbocycles. The number of carbonyl (C=O) groups is 1. The summed E-state index contributed by atoms with van der Waals surface area (Å²) in [6, 6.07) is 7.25. The minimum Gasteiger partial charge on any atom is -0.357 e. The molecule has 0 unspecified atom stereocenters. The van der Waals surface area contributed by atoms with E-state index in [1.54, 1.807) is 18.3 Å². The number of anilines is 1. The van der Waals surface area contributed by atoms with Crippen molar-refractivity contribution in [1.29, 1.82) is 0 Å². The molecule has 0 radical (unpaired) electrons. The average molecular weight is 241 g/mol. The summed E-state index contributed by atoms with van der Waals surface area (Å²) >= 11 is 0. The number of rotatable bonds is 1. The van der Waals surface area contributed by atoms with Crippen LogP contribution in [-0.4, -0.2) is 15.9 Å². The van der Waals surface area contributed by atoms with Crippen LogP contribution in [0, 0.1) is 0 Å². The van der Waals surface area contributed by atoms with Crippen LogP contribution < -0.4 is 10.9 Å². The van der Waals surface area contributed by atoms with Crippen molar-refractivity contribution in [2.45, 2.75) is 6.92 Å². The third-order valence-electron chi connectivity index (χ3n) is 2.85. The third-order valence-corrected chi connectivity index (χ3v) is 2.85. The van der Waals surface area contributed by atoms with E-state index in [2.05, 4.69) is 15.3 Å². The Kier molecular flexibility index (Phi) is 2.19. The molecular weight excluding hydrogens is 230 g/mol. The molecule has 0 bridgehead atoms. The molecule has 0 saturated carbocycles. The molecule has 1 amide bonds. The van der Waals surface area contributed by atoms with Gasteiger partial charge in [0, 0.05) is 35.1 Å². The summed E-state index contributed by atoms with van der Waals surface area (Å²) in [5.74, 6) is -0.121. The number of nitrogens with one attached hydrogen (secondary N) is 3. The fraction of sp³-hybridized carbons (Fsp3) is 0.0769. The molecule has 18 heavy (non-hydrogen) atoms. The highest BCUT2D eigenvalue weighted by Gasteiger charge is 2.06. The van der Waals surface area contributed by atoms with Crippen molar-refractivity contribution in [2.24, 2.45) is 0 Å². The quantitative estimate of drug-likeness (QED) is 0.609. The Morgan fingerprint density at radius 3 is 2.83 bits per heavy atom. The lowest BCUT2D eigenvalue weighted by Crippen LogP contribution is -2.08. The summed E-state index contributed by atoms with van der Waals surface area (Å²) in [7, 11) is 0. The average Bonchev–Trinajstić information content (AvgIpc) is 2.79. The van der Waals surface area contributed by atoms with Gasteiger partial charge in [0.05, 0.1) is 0 Å². The number of carbonyl (C=O) groups excluding carboxylic acids is 1. The van der Waals surface area contributed by atoms with Crippen LogP contribution in [0.3, 0.4) is 0 Å². The first-order valence-electron chi connectivity index (χ1n) is 5.56. The van der Waals surface area contributed by atoms with Gasteiger partial charge in [0.25, 0.3) is 5.56 Å². The van der Waals surface area contributed by atoms with Crippen LogP contribution in [0.4, 0.5) is 5.69 Å². The van der Waals surface area contributed by atoms with Crippen LogP contribution >= 0.6 is 0 Å². The van der Waals surface area contributed by atoms with E-state index in [0.717, 1.165) is 16.3 Å². The second-order valence-corrected chi connectivity index (χ2v) is 4.16. The van der Waals surface area contributed by atoms with Gasteiger partial charge in [-0.15, -0.1) is 0 Å². The Hall–Kier alpha value is -2.56. The molecule has 3 rings (SSSR count). The first kappa shape index (κ1) is 10.6. The van der Waals surface area contributed by atoms with E-state index in [9.17, 15) is 9.59 Å². The molecule has 0 aliphatic heterocycles. The Morgan fingerprint density at radius 1 is 1.22 bits per heavy atom. The highest BCUT2D eigenvalue weighted by molar-refractivity contribution is 6.06. The lowest BCUT2D eigenvalue weighted by molar-refractivity contribution is -0.114. The summed E-state index contributed by atoms with van der Waals surface area (Å²) in [5.41, 5.74) is 1.86. The van der Waals surface area contributed by atoms with E-state index >= 15 is 0 Å². The molecule has 90 valence electrons. The summed E-state index contributed by atoms with van der Waals surface area (Å²) in [6.07, 6.45) is 1.73. The highest BCUT2D eigenvalue weighted by Crippen LogP contribution is 2.23. The number of aromatic nitrogens is 2. The first-order chi connectivity index (χ1) is 8.65. The monoisotopic (exact) mass is 241 g/mol. The normalized spacial score (nSPS) is 10.9. The van der Waals surface area contributed by atoms with Gasteiger partial charge in [-0.1, -0.05) is 0 Å². The number of amides is 1. The van der Waals surface area contributed by atoms with Crippen LogP contribution in [0.5, 0.6) is 0 Å². The van der Waals surface area contributed by atoms with Gasteiger partial charge < -0.3 is 15.3 Å². The van der Waals surface area contributed by atoms with E-state index in [0.29, 0.717) is 11.2 Å². The number of pyridine rings is 1. The molecule has 0 atom stereocenters. The summed E-state index contributed by atoms with van der Waals surface area (Å²) in [4.78, 5) is 28.5. The minimum atomic E-state index is -0.144. The summed E-state index contributed by atoms with van der Waals surface area (Å²) in [6.45, 7) is 1.46. The van der Waals surface area contributed by atoms with Gasteiger partial charge in [-0.3, -0.25) is 9.59 Å². The van der Waals surface area contributed by atoms with Crippen molar-refractivity contribution < 1.29 is 4.79 Å². The maximum absolute atomic E-state index is 11.8. The highest BCUT2D eigenvalue weighted by atomic mass is 16.1. The molecule has 0 aliphatic carbocycles. The van der Waals surface area contributed by atoms with E-state index in [1.165, 1.54) is 6.92 Å². The Morgan fingerprint density at radius 2 is 2.06 bits per heavy atom. The number of hydrogen-bond acceptors (Lipinski definition) is 2. The van der Waals surface area contributed by atoms with Crippen molar-refractivity contribution in [3.63, 3.8) is 0 Å². The largest absolute Gasteiger partial charge is 0.357 e. The number of aromatic amines is 2. The molecule has 2 heterocycles. The molecule has 0 spiro atoms. The Balaban J connectivity index is 2.35. The van der Waals surface area contributed by atoms with Gasteiger partial charge in [0.15, 0.2) is 0 Å². The number of H-pyrrole nitrogens is 2. The second-order valence-electron chi connectivity index (χ2n) is 4.16. The molecule has 3 aromatic rings. The summed E-state index contributed by atoms with van der Waals surface area (Å²) in [5, 5.41) is 4.48. The standard InChI is InChI=1S/C13H11N3O2/c1-7(17)15-8-2-3-11-10(6-8)9-4-5-14-12(9)13(18)16-11/h2-6,14H,1H3,(H,15,17)(H,16,18). The molecule has 2 aromatic heterocycles. The molecule has 0 aliphatic rings. The van der Waals surface area contributed by atoms with Gasteiger partial charge in [0.2, 0.25) is 5.91 Å². The zero-order valence-electron chi connectivity index (χ0n) is 9.70. The number of hydrogen-bond donors (Lipinski definition) is 3. The maximum atomic E-state index is 11.8. The van der Waals surface area contributed by atoms with Crippen LogP contribution in [-0.2, 0) is 4.79 Å². The first-order valence-corrected chi connectivity index (χ1v) is 5.56. The van der Waals surface area contributed by atoms with Crippen LogP contribution in [0.25, 0.3) is 21.8 Å². The molecule has 0 fully saturated rings. The predicted octanol–water partition coefficient (Wildman–Crippen LogP) is 1.97. The fourth-order valence-electron chi connectivity index (χ4n) is 2.12. The minimum absolute atomic E-state index is 0.121. The zero-order chi connectivity index (χ0) is 12.7. The van der Waals surface area contributed by atoms with Gasteiger partial charge in [0.1, 0.15) is 5.52 Å². The van der Waals surface area contributed by atoms with Crippen molar-refractivity contribution in [1.82, 2.24) is 9.97 Å². The Labute approximate surface area is 102 Å². The van der Waals surface area contributed by atoms with E-state index in [-0.39, 0.29) is 11.5 Å². The molecule has 5 heteroatoms. The summed E-state index contributed by atoms with van der Waals surface area (Å²) < 4.78 is 0.